The number of nitro benzene ring substituents is 1. The number of nitro groups is 1. The molecule has 4 aromatic rings. The van der Waals surface area contributed by atoms with Gasteiger partial charge in [-0.2, -0.15) is 0 Å². The third kappa shape index (κ3) is 6.36. The Morgan fingerprint density at radius 1 is 1.11 bits per heavy atom. The van der Waals surface area contributed by atoms with Gasteiger partial charge in [-0.1, -0.05) is 53.8 Å². The molecule has 45 heavy (non-hydrogen) atoms. The topological polar surface area (TPSA) is 126 Å². The minimum absolute atomic E-state index is 0.0224. The molecule has 0 saturated carbocycles. The summed E-state index contributed by atoms with van der Waals surface area (Å²) in [5, 5.41) is 12.4. The summed E-state index contributed by atoms with van der Waals surface area (Å²) in [6, 6.07) is 18.7. The van der Waals surface area contributed by atoms with Crippen molar-refractivity contribution >= 4 is 40.5 Å². The van der Waals surface area contributed by atoms with Gasteiger partial charge in [-0.05, 0) is 49.2 Å². The Balaban J connectivity index is 1.66. The molecule has 0 radical (unpaired) electrons. The van der Waals surface area contributed by atoms with E-state index in [0.717, 1.165) is 28.2 Å². The van der Waals surface area contributed by atoms with E-state index in [4.69, 9.17) is 19.2 Å². The summed E-state index contributed by atoms with van der Waals surface area (Å²) in [6.07, 6.45) is 1.75. The summed E-state index contributed by atoms with van der Waals surface area (Å²) in [5.41, 5.74) is 2.43. The maximum Gasteiger partial charge on any atom is 0.338 e. The fraction of sp³-hybridized carbons (Fsp3) is 0.242. The van der Waals surface area contributed by atoms with Gasteiger partial charge in [-0.25, -0.2) is 9.79 Å². The van der Waals surface area contributed by atoms with E-state index in [-0.39, 0.29) is 52.8 Å². The number of benzene rings is 3. The van der Waals surface area contributed by atoms with Gasteiger partial charge in [0.05, 0.1) is 40.4 Å². The molecule has 0 fully saturated rings. The molecule has 1 aliphatic heterocycles. The lowest BCUT2D eigenvalue weighted by Crippen LogP contribution is -2.35. The van der Waals surface area contributed by atoms with Gasteiger partial charge in [0.1, 0.15) is 12.6 Å². The van der Waals surface area contributed by atoms with Gasteiger partial charge in [0.25, 0.3) is 11.2 Å². The van der Waals surface area contributed by atoms with Crippen LogP contribution in [0.3, 0.4) is 0 Å². The van der Waals surface area contributed by atoms with Crippen molar-refractivity contribution in [2.24, 2.45) is 4.99 Å². The molecule has 5 rings (SSSR count). The number of thiazole rings is 1. The molecular weight excluding hydrogens is 596 g/mol. The summed E-state index contributed by atoms with van der Waals surface area (Å²) < 4.78 is 18.6. The maximum absolute atomic E-state index is 13.6. The largest absolute Gasteiger partial charge is 0.493 e. The number of nitrogens with zero attached hydrogens (tertiary/aromatic N) is 4. The quantitative estimate of drug-likeness (QED) is 0.143. The molecule has 0 N–H and O–H groups in total. The number of carbonyl (C=O) groups is 1. The third-order valence-corrected chi connectivity index (χ3v) is 8.27. The van der Waals surface area contributed by atoms with Crippen LogP contribution in [0.15, 0.2) is 82.1 Å². The lowest BCUT2D eigenvalue weighted by Gasteiger charge is -2.23. The number of allylic oxidation sites excluding steroid dienone is 1. The summed E-state index contributed by atoms with van der Waals surface area (Å²) in [7, 11) is 5.31. The van der Waals surface area contributed by atoms with E-state index in [2.05, 4.69) is 0 Å². The van der Waals surface area contributed by atoms with Crippen molar-refractivity contribution in [2.75, 3.05) is 32.7 Å². The first-order valence-electron chi connectivity index (χ1n) is 14.1. The Kier molecular flexibility index (Phi) is 9.14. The first kappa shape index (κ1) is 31.2. The van der Waals surface area contributed by atoms with Gasteiger partial charge in [0.15, 0.2) is 16.3 Å². The number of fused-ring (bicyclic) bond motifs is 1. The van der Waals surface area contributed by atoms with Crippen LogP contribution in [-0.2, 0) is 16.1 Å². The predicted octanol–water partition coefficient (Wildman–Crippen LogP) is 4.47. The van der Waals surface area contributed by atoms with Crippen molar-refractivity contribution in [3.63, 3.8) is 0 Å². The highest BCUT2D eigenvalue weighted by Crippen LogP contribution is 2.43. The van der Waals surface area contributed by atoms with Gasteiger partial charge < -0.3 is 19.1 Å². The van der Waals surface area contributed by atoms with E-state index < -0.39 is 16.9 Å². The Morgan fingerprint density at radius 3 is 2.44 bits per heavy atom. The molecule has 0 aliphatic carbocycles. The zero-order valence-electron chi connectivity index (χ0n) is 25.5. The smallest absolute Gasteiger partial charge is 0.338 e. The van der Waals surface area contributed by atoms with E-state index in [0.29, 0.717) is 9.33 Å². The summed E-state index contributed by atoms with van der Waals surface area (Å²) in [5.74, 6) is -0.335. The van der Waals surface area contributed by atoms with Crippen LogP contribution >= 0.6 is 11.3 Å². The molecule has 0 unspecified atom stereocenters. The van der Waals surface area contributed by atoms with Gasteiger partial charge in [0, 0.05) is 25.5 Å². The Morgan fingerprint density at radius 2 is 1.82 bits per heavy atom. The molecule has 1 aliphatic rings. The molecule has 0 spiro atoms. The summed E-state index contributed by atoms with van der Waals surface area (Å²) >= 11 is 1.14. The van der Waals surface area contributed by atoms with Crippen LogP contribution < -0.4 is 29.3 Å². The molecule has 3 aromatic carbocycles. The molecule has 0 amide bonds. The summed E-state index contributed by atoms with van der Waals surface area (Å²) in [6.45, 7) is 3.49. The SMILES string of the molecule is CCOC(=O)C1=C(C)n2c(s/c(=C\c3ccc(N(C)C)cc3)c2=O)=N[C@H]1c1cc(OC)c(OCc2ccccc2)cc1[N+](=O)[O-]. The number of methoxy groups -OCH3 is 1. The van der Waals surface area contributed by atoms with Crippen molar-refractivity contribution in [1.29, 1.82) is 0 Å². The highest BCUT2D eigenvalue weighted by Gasteiger charge is 2.36. The molecule has 11 nitrogen and oxygen atoms in total. The van der Waals surface area contributed by atoms with E-state index in [1.165, 1.54) is 23.8 Å². The van der Waals surface area contributed by atoms with Crippen molar-refractivity contribution < 1.29 is 23.9 Å². The van der Waals surface area contributed by atoms with Gasteiger partial charge in [-0.15, -0.1) is 0 Å². The second-order valence-electron chi connectivity index (χ2n) is 10.4. The highest BCUT2D eigenvalue weighted by molar-refractivity contribution is 7.07. The number of rotatable bonds is 10. The number of anilines is 1. The average Bonchev–Trinajstić information content (AvgIpc) is 3.34. The zero-order chi connectivity index (χ0) is 32.2. The molecule has 1 aromatic heterocycles. The van der Waals surface area contributed by atoms with E-state index >= 15 is 0 Å². The molecule has 0 saturated heterocycles. The molecule has 2 heterocycles. The number of aromatic nitrogens is 1. The molecule has 232 valence electrons. The summed E-state index contributed by atoms with van der Waals surface area (Å²) in [4.78, 5) is 45.9. The number of ether oxygens (including phenoxy) is 3. The first-order chi connectivity index (χ1) is 21.6. The zero-order valence-corrected chi connectivity index (χ0v) is 26.3. The normalized spacial score (nSPS) is 14.4. The van der Waals surface area contributed by atoms with Gasteiger partial charge in [-0.3, -0.25) is 19.5 Å². The molecular formula is C33H32N4O7S. The minimum Gasteiger partial charge on any atom is -0.493 e. The van der Waals surface area contributed by atoms with Crippen LogP contribution in [-0.4, -0.2) is 43.3 Å². The van der Waals surface area contributed by atoms with Crippen LogP contribution in [0, 0.1) is 10.1 Å². The average molecular weight is 629 g/mol. The second kappa shape index (κ2) is 13.2. The van der Waals surface area contributed by atoms with Crippen LogP contribution in [0.25, 0.3) is 11.8 Å². The maximum atomic E-state index is 13.6. The van der Waals surface area contributed by atoms with Crippen molar-refractivity contribution in [2.45, 2.75) is 26.5 Å². The van der Waals surface area contributed by atoms with Crippen molar-refractivity contribution in [3.05, 3.63) is 119 Å². The standard InChI is InChI=1S/C33H32N4O7S/c1-6-43-32(39)29-20(2)36-31(38)28(16-21-12-14-23(15-13-21)35(3)4)45-33(36)34-30(29)24-17-26(42-5)27(18-25(24)37(40)41)44-19-22-10-8-7-9-11-22/h7-18,30H,6,19H2,1-5H3/b28-16-/t30-/m0/s1. The Bertz CT molecular complexity index is 1960. The van der Waals surface area contributed by atoms with E-state index in [1.54, 1.807) is 19.9 Å². The Labute approximate surface area is 263 Å². The van der Waals surface area contributed by atoms with Gasteiger partial charge >= 0.3 is 5.97 Å². The van der Waals surface area contributed by atoms with Gasteiger partial charge in [0.2, 0.25) is 0 Å². The van der Waals surface area contributed by atoms with Crippen LogP contribution in [0.5, 0.6) is 11.5 Å². The lowest BCUT2D eigenvalue weighted by atomic mass is 9.94. The van der Waals surface area contributed by atoms with Crippen LogP contribution in [0.1, 0.15) is 36.6 Å². The second-order valence-corrected chi connectivity index (χ2v) is 11.4. The third-order valence-electron chi connectivity index (χ3n) is 7.29. The van der Waals surface area contributed by atoms with E-state index in [9.17, 15) is 19.7 Å². The monoisotopic (exact) mass is 628 g/mol. The number of carbonyl (C=O) groups excluding carboxylic acids is 1. The van der Waals surface area contributed by atoms with Crippen molar-refractivity contribution in [1.82, 2.24) is 4.57 Å². The first-order valence-corrected chi connectivity index (χ1v) is 14.9. The highest BCUT2D eigenvalue weighted by atomic mass is 32.1. The fourth-order valence-corrected chi connectivity index (χ4v) is 6.05. The van der Waals surface area contributed by atoms with Crippen LogP contribution in [0.2, 0.25) is 0 Å². The molecule has 1 atom stereocenters. The Hall–Kier alpha value is -5.23. The molecule has 0 bridgehead atoms. The van der Waals surface area contributed by atoms with E-state index in [1.807, 2.05) is 73.6 Å². The fourth-order valence-electron chi connectivity index (χ4n) is 5.01. The lowest BCUT2D eigenvalue weighted by molar-refractivity contribution is -0.385. The van der Waals surface area contributed by atoms with Crippen molar-refractivity contribution in [3.8, 4) is 11.5 Å². The molecule has 12 heteroatoms. The number of esters is 1. The van der Waals surface area contributed by atoms with Crippen LogP contribution in [0.4, 0.5) is 11.4 Å². The number of hydrogen-bond donors (Lipinski definition) is 0. The number of hydrogen-bond acceptors (Lipinski definition) is 10. The minimum atomic E-state index is -1.15. The predicted molar refractivity (Wildman–Crippen MR) is 172 cm³/mol.